The largest absolute Gasteiger partial charge is 0.243 e. The average molecular weight is 396 g/mol. The lowest BCUT2D eigenvalue weighted by atomic mass is 10.1. The number of unbranched alkanes of at least 4 members (excludes halogenated alkanes) is 11. The van der Waals surface area contributed by atoms with Crippen LogP contribution in [0.25, 0.3) is 0 Å². The van der Waals surface area contributed by atoms with Crippen LogP contribution in [0.2, 0.25) is 0 Å². The van der Waals surface area contributed by atoms with Gasteiger partial charge in [0.1, 0.15) is 0 Å². The predicted molar refractivity (Wildman–Crippen MR) is 117 cm³/mol. The zero-order valence-corrected chi connectivity index (χ0v) is 18.7. The van der Waals surface area contributed by atoms with Crippen LogP contribution in [0.1, 0.15) is 96.5 Å². The summed E-state index contributed by atoms with van der Waals surface area (Å²) < 4.78 is 27.1. The Kier molecular flexibility index (Phi) is 12.7. The van der Waals surface area contributed by atoms with Gasteiger partial charge in [-0.15, -0.1) is 0 Å². The maximum absolute atomic E-state index is 12.7. The first-order valence-corrected chi connectivity index (χ1v) is 12.5. The van der Waals surface area contributed by atoms with Crippen molar-refractivity contribution in [2.45, 2.75) is 103 Å². The molecule has 0 saturated carbocycles. The van der Waals surface area contributed by atoms with Crippen LogP contribution >= 0.6 is 0 Å². The lowest BCUT2D eigenvalue weighted by molar-refractivity contribution is 0.410. The Morgan fingerprint density at radius 1 is 0.704 bits per heavy atom. The minimum atomic E-state index is -3.35. The van der Waals surface area contributed by atoms with Crippen molar-refractivity contribution in [2.24, 2.45) is 0 Å². The highest BCUT2D eigenvalue weighted by Gasteiger charge is 2.22. The van der Waals surface area contributed by atoms with Crippen molar-refractivity contribution in [3.63, 3.8) is 0 Å². The van der Waals surface area contributed by atoms with E-state index in [0.29, 0.717) is 18.0 Å². The van der Waals surface area contributed by atoms with Crippen LogP contribution in [0.4, 0.5) is 0 Å². The smallest absolute Gasteiger partial charge is 0.207 e. The van der Waals surface area contributed by atoms with Crippen molar-refractivity contribution in [3.05, 3.63) is 29.8 Å². The Balaban J connectivity index is 2.16. The predicted octanol–water partition coefficient (Wildman–Crippen LogP) is 6.71. The first kappa shape index (κ1) is 24.2. The highest BCUT2D eigenvalue weighted by atomic mass is 32.2. The van der Waals surface area contributed by atoms with E-state index in [1.54, 1.807) is 16.4 Å². The van der Waals surface area contributed by atoms with Crippen LogP contribution < -0.4 is 0 Å². The van der Waals surface area contributed by atoms with E-state index in [4.69, 9.17) is 0 Å². The van der Waals surface area contributed by atoms with Crippen LogP contribution in [-0.2, 0) is 10.0 Å². The number of aryl methyl sites for hydroxylation is 1. The molecule has 4 heteroatoms. The summed E-state index contributed by atoms with van der Waals surface area (Å²) in [6, 6.07) is 7.17. The van der Waals surface area contributed by atoms with Gasteiger partial charge in [-0.25, -0.2) is 8.42 Å². The fraction of sp³-hybridized carbons (Fsp3) is 0.739. The molecule has 0 amide bonds. The van der Waals surface area contributed by atoms with Crippen molar-refractivity contribution < 1.29 is 8.42 Å². The third-order valence-electron chi connectivity index (χ3n) is 5.27. The molecule has 0 radical (unpaired) electrons. The van der Waals surface area contributed by atoms with Gasteiger partial charge < -0.3 is 0 Å². The van der Waals surface area contributed by atoms with Gasteiger partial charge in [0.25, 0.3) is 0 Å². The molecule has 1 aromatic rings. The van der Waals surface area contributed by atoms with Gasteiger partial charge in [-0.05, 0) is 25.5 Å². The molecule has 0 aromatic heterocycles. The monoisotopic (exact) mass is 395 g/mol. The molecule has 0 heterocycles. The summed E-state index contributed by atoms with van der Waals surface area (Å²) in [5.41, 5.74) is 1.08. The molecule has 0 fully saturated rings. The van der Waals surface area contributed by atoms with Gasteiger partial charge in [-0.3, -0.25) is 0 Å². The molecular formula is C23H41NO2S. The van der Waals surface area contributed by atoms with Crippen molar-refractivity contribution in [1.29, 1.82) is 0 Å². The second-order valence-electron chi connectivity index (χ2n) is 7.70. The van der Waals surface area contributed by atoms with Crippen molar-refractivity contribution in [2.75, 3.05) is 13.1 Å². The minimum Gasteiger partial charge on any atom is -0.207 e. The van der Waals surface area contributed by atoms with E-state index in [2.05, 4.69) is 6.92 Å². The summed E-state index contributed by atoms with van der Waals surface area (Å²) >= 11 is 0. The molecule has 0 atom stereocenters. The van der Waals surface area contributed by atoms with E-state index in [9.17, 15) is 8.42 Å². The summed E-state index contributed by atoms with van der Waals surface area (Å²) in [7, 11) is -3.35. The van der Waals surface area contributed by atoms with Crippen LogP contribution in [-0.4, -0.2) is 25.8 Å². The van der Waals surface area contributed by atoms with E-state index in [0.717, 1.165) is 18.4 Å². The van der Waals surface area contributed by atoms with E-state index in [1.165, 1.54) is 64.2 Å². The maximum Gasteiger partial charge on any atom is 0.243 e. The zero-order chi connectivity index (χ0) is 20.0. The Bertz CT molecular complexity index is 581. The molecule has 0 spiro atoms. The number of hydrogen-bond acceptors (Lipinski definition) is 2. The van der Waals surface area contributed by atoms with Gasteiger partial charge in [-0.2, -0.15) is 4.31 Å². The Labute approximate surface area is 168 Å². The average Bonchev–Trinajstić information content (AvgIpc) is 2.65. The minimum absolute atomic E-state index is 0.411. The topological polar surface area (TPSA) is 37.4 Å². The lowest BCUT2D eigenvalue weighted by Gasteiger charge is -2.20. The fourth-order valence-electron chi connectivity index (χ4n) is 3.44. The first-order chi connectivity index (χ1) is 13.0. The van der Waals surface area contributed by atoms with Gasteiger partial charge >= 0.3 is 0 Å². The Morgan fingerprint density at radius 2 is 1.15 bits per heavy atom. The molecule has 27 heavy (non-hydrogen) atoms. The highest BCUT2D eigenvalue weighted by molar-refractivity contribution is 7.89. The third-order valence-corrected chi connectivity index (χ3v) is 7.26. The molecule has 0 aliphatic carbocycles. The van der Waals surface area contributed by atoms with E-state index >= 15 is 0 Å². The summed E-state index contributed by atoms with van der Waals surface area (Å²) in [5.74, 6) is 0. The number of nitrogens with zero attached hydrogens (tertiary/aromatic N) is 1. The van der Waals surface area contributed by atoms with Gasteiger partial charge in [0.2, 0.25) is 10.0 Å². The second-order valence-corrected chi connectivity index (χ2v) is 9.64. The second kappa shape index (κ2) is 14.2. The zero-order valence-electron chi connectivity index (χ0n) is 17.9. The molecule has 0 unspecified atom stereocenters. The van der Waals surface area contributed by atoms with Crippen LogP contribution in [0.3, 0.4) is 0 Å². The number of hydrogen-bond donors (Lipinski definition) is 0. The number of benzene rings is 1. The van der Waals surface area contributed by atoms with E-state index in [-0.39, 0.29) is 0 Å². The molecule has 3 nitrogen and oxygen atoms in total. The molecular weight excluding hydrogens is 354 g/mol. The van der Waals surface area contributed by atoms with Crippen LogP contribution in [0, 0.1) is 6.92 Å². The van der Waals surface area contributed by atoms with Crippen LogP contribution in [0.15, 0.2) is 29.2 Å². The summed E-state index contributed by atoms with van der Waals surface area (Å²) in [4.78, 5) is 0.411. The fourth-order valence-corrected chi connectivity index (χ4v) is 4.92. The van der Waals surface area contributed by atoms with Crippen molar-refractivity contribution in [1.82, 2.24) is 4.31 Å². The molecule has 1 aromatic carbocycles. The molecule has 0 N–H and O–H groups in total. The molecule has 0 bridgehead atoms. The molecule has 0 aliphatic rings. The highest BCUT2D eigenvalue weighted by Crippen LogP contribution is 2.18. The Hall–Kier alpha value is -0.870. The lowest BCUT2D eigenvalue weighted by Crippen LogP contribution is -2.31. The summed E-state index contributed by atoms with van der Waals surface area (Å²) in [6.45, 7) is 7.32. The van der Waals surface area contributed by atoms with Crippen molar-refractivity contribution >= 4 is 10.0 Å². The van der Waals surface area contributed by atoms with Gasteiger partial charge in [-0.1, -0.05) is 102 Å². The number of rotatable bonds is 16. The van der Waals surface area contributed by atoms with E-state index in [1.807, 2.05) is 26.0 Å². The molecule has 156 valence electrons. The molecule has 0 aliphatic heterocycles. The summed E-state index contributed by atoms with van der Waals surface area (Å²) in [5, 5.41) is 0. The third kappa shape index (κ3) is 9.75. The maximum atomic E-state index is 12.7. The number of sulfonamides is 1. The normalized spacial score (nSPS) is 12.0. The molecule has 0 saturated heterocycles. The van der Waals surface area contributed by atoms with Crippen molar-refractivity contribution in [3.8, 4) is 0 Å². The standard InChI is InChI=1S/C23H41NO2S/c1-4-6-7-8-9-10-11-12-13-14-15-16-21-24(5-2)27(25,26)23-19-17-22(3)18-20-23/h17-20H,4-16,21H2,1-3H3. The Morgan fingerprint density at radius 3 is 1.59 bits per heavy atom. The summed E-state index contributed by atoms with van der Waals surface area (Å²) in [6.07, 6.45) is 15.5. The van der Waals surface area contributed by atoms with Gasteiger partial charge in [0, 0.05) is 13.1 Å². The van der Waals surface area contributed by atoms with Gasteiger partial charge in [0.05, 0.1) is 4.90 Å². The van der Waals surface area contributed by atoms with E-state index < -0.39 is 10.0 Å². The first-order valence-electron chi connectivity index (χ1n) is 11.1. The molecule has 1 rings (SSSR count). The SMILES string of the molecule is CCCCCCCCCCCCCCN(CC)S(=O)(=O)c1ccc(C)cc1. The van der Waals surface area contributed by atoms with Gasteiger partial charge in [0.15, 0.2) is 0 Å². The van der Waals surface area contributed by atoms with Crippen LogP contribution in [0.5, 0.6) is 0 Å². The quantitative estimate of drug-likeness (QED) is 0.292.